The van der Waals surface area contributed by atoms with Crippen LogP contribution in [0.1, 0.15) is 17.5 Å². The minimum Gasteiger partial charge on any atom is -0.461 e. The molecule has 0 fully saturated rings. The van der Waals surface area contributed by atoms with E-state index < -0.39 is 5.97 Å². The summed E-state index contributed by atoms with van der Waals surface area (Å²) in [7, 11) is 0. The highest BCUT2D eigenvalue weighted by Gasteiger charge is 1.91. The predicted octanol–water partition coefficient (Wildman–Crippen LogP) is 2.93. The molecule has 0 saturated carbocycles. The van der Waals surface area contributed by atoms with E-state index in [0.29, 0.717) is 0 Å². The Labute approximate surface area is 102 Å². The van der Waals surface area contributed by atoms with E-state index in [-0.39, 0.29) is 13.0 Å². The number of hydrogen-bond acceptors (Lipinski definition) is 3. The molecule has 0 unspecified atom stereocenters. The summed E-state index contributed by atoms with van der Waals surface area (Å²) in [5, 5.41) is 7.98. The highest BCUT2D eigenvalue weighted by atomic mass is 16.5. The number of carbonyl (C=O) groups is 1. The van der Waals surface area contributed by atoms with Crippen LogP contribution in [0.15, 0.2) is 36.9 Å². The summed E-state index contributed by atoms with van der Waals surface area (Å²) in [6.45, 7) is 7.53. The molecule has 0 N–H and O–H groups in total. The van der Waals surface area contributed by atoms with Crippen molar-refractivity contribution in [3.05, 3.63) is 48.0 Å². The fourth-order valence-electron chi connectivity index (χ4n) is 0.893. The Morgan fingerprint density at radius 2 is 1.82 bits per heavy atom. The molecule has 1 aromatic carbocycles. The lowest BCUT2D eigenvalue weighted by molar-refractivity contribution is -0.137. The van der Waals surface area contributed by atoms with Crippen LogP contribution in [0.3, 0.4) is 0 Å². The van der Waals surface area contributed by atoms with Crippen LogP contribution >= 0.6 is 0 Å². The third-order valence-electron chi connectivity index (χ3n) is 1.84. The van der Waals surface area contributed by atoms with E-state index >= 15 is 0 Å². The molecule has 0 aliphatic carbocycles. The van der Waals surface area contributed by atoms with Gasteiger partial charge >= 0.3 is 5.97 Å². The van der Waals surface area contributed by atoms with Gasteiger partial charge in [0, 0.05) is 6.08 Å². The van der Waals surface area contributed by atoms with Gasteiger partial charge in [0.15, 0.2) is 0 Å². The number of ether oxygens (including phenoxy) is 1. The van der Waals surface area contributed by atoms with Gasteiger partial charge in [-0.1, -0.05) is 42.0 Å². The van der Waals surface area contributed by atoms with Crippen LogP contribution in [0.25, 0.3) is 0 Å². The maximum atomic E-state index is 10.2. The molecule has 3 nitrogen and oxygen atoms in total. The normalized spacial score (nSPS) is 8.29. The standard InChI is InChI=1S/C8H10.C6H7NO2/c1-7-3-5-8(2)6-4-7;1-2-6(8)9-5-3-4-7/h3-6H,1-2H3;2H,1,3,5H2. The average molecular weight is 231 g/mol. The zero-order valence-corrected chi connectivity index (χ0v) is 10.3. The Morgan fingerprint density at radius 3 is 2.18 bits per heavy atom. The first-order valence-corrected chi connectivity index (χ1v) is 5.29. The molecule has 90 valence electrons. The minimum atomic E-state index is -0.481. The van der Waals surface area contributed by atoms with Crippen LogP contribution in [-0.4, -0.2) is 12.6 Å². The van der Waals surface area contributed by atoms with Gasteiger partial charge in [-0.2, -0.15) is 5.26 Å². The second-order valence-electron chi connectivity index (χ2n) is 3.43. The third kappa shape index (κ3) is 8.88. The maximum absolute atomic E-state index is 10.2. The van der Waals surface area contributed by atoms with E-state index in [1.807, 2.05) is 6.07 Å². The van der Waals surface area contributed by atoms with E-state index in [1.54, 1.807) is 0 Å². The Balaban J connectivity index is 0.000000302. The summed E-state index contributed by atoms with van der Waals surface area (Å²) in [5.41, 5.74) is 2.66. The largest absolute Gasteiger partial charge is 0.461 e. The molecule has 0 spiro atoms. The van der Waals surface area contributed by atoms with Gasteiger partial charge in [-0.15, -0.1) is 0 Å². The molecule has 0 heterocycles. The van der Waals surface area contributed by atoms with Crippen LogP contribution in [0.2, 0.25) is 0 Å². The van der Waals surface area contributed by atoms with E-state index in [9.17, 15) is 4.79 Å². The lowest BCUT2D eigenvalue weighted by Gasteiger charge is -1.93. The number of nitrogens with zero attached hydrogens (tertiary/aromatic N) is 1. The van der Waals surface area contributed by atoms with Gasteiger partial charge in [0.2, 0.25) is 0 Å². The summed E-state index contributed by atoms with van der Waals surface area (Å²) < 4.78 is 4.45. The molecule has 0 aliphatic rings. The summed E-state index contributed by atoms with van der Waals surface area (Å²) >= 11 is 0. The van der Waals surface area contributed by atoms with Crippen molar-refractivity contribution < 1.29 is 9.53 Å². The average Bonchev–Trinajstić information content (AvgIpc) is 2.34. The van der Waals surface area contributed by atoms with Crippen LogP contribution in [0.5, 0.6) is 0 Å². The Hall–Kier alpha value is -2.08. The van der Waals surface area contributed by atoms with Gasteiger partial charge in [-0.3, -0.25) is 0 Å². The lowest BCUT2D eigenvalue weighted by Crippen LogP contribution is -2.00. The maximum Gasteiger partial charge on any atom is 0.330 e. The van der Waals surface area contributed by atoms with Crippen molar-refractivity contribution in [2.75, 3.05) is 6.61 Å². The first-order valence-electron chi connectivity index (χ1n) is 5.29. The van der Waals surface area contributed by atoms with Crippen molar-refractivity contribution in [1.29, 1.82) is 5.26 Å². The monoisotopic (exact) mass is 231 g/mol. The van der Waals surface area contributed by atoms with Crippen LogP contribution < -0.4 is 0 Å². The molecule has 3 heteroatoms. The van der Waals surface area contributed by atoms with Gasteiger partial charge in [0.1, 0.15) is 6.61 Å². The van der Waals surface area contributed by atoms with Crippen LogP contribution in [0.4, 0.5) is 0 Å². The van der Waals surface area contributed by atoms with Gasteiger partial charge in [0.05, 0.1) is 12.5 Å². The smallest absolute Gasteiger partial charge is 0.330 e. The Bertz CT molecular complexity index is 367. The molecular formula is C14H17NO2. The molecule has 0 radical (unpaired) electrons. The Morgan fingerprint density at radius 1 is 1.35 bits per heavy atom. The van der Waals surface area contributed by atoms with Gasteiger partial charge in [-0.25, -0.2) is 4.79 Å². The molecular weight excluding hydrogens is 214 g/mol. The number of nitriles is 1. The fraction of sp³-hybridized carbons (Fsp3) is 0.286. The van der Waals surface area contributed by atoms with Gasteiger partial charge in [0.25, 0.3) is 0 Å². The second-order valence-corrected chi connectivity index (χ2v) is 3.43. The topological polar surface area (TPSA) is 50.1 Å². The zero-order valence-electron chi connectivity index (χ0n) is 10.3. The van der Waals surface area contributed by atoms with Crippen LogP contribution in [-0.2, 0) is 9.53 Å². The SMILES string of the molecule is C=CC(=O)OCCC#N.Cc1ccc(C)cc1. The second kappa shape index (κ2) is 9.17. The summed E-state index contributed by atoms with van der Waals surface area (Å²) in [6, 6.07) is 10.3. The van der Waals surface area contributed by atoms with Crippen LogP contribution in [0, 0.1) is 25.2 Å². The molecule has 0 atom stereocenters. The minimum absolute atomic E-state index is 0.154. The fourth-order valence-corrected chi connectivity index (χ4v) is 0.893. The molecule has 17 heavy (non-hydrogen) atoms. The number of aryl methyl sites for hydroxylation is 2. The molecule has 1 aromatic rings. The van der Waals surface area contributed by atoms with Crippen molar-refractivity contribution in [2.45, 2.75) is 20.3 Å². The number of hydrogen-bond donors (Lipinski definition) is 0. The number of rotatable bonds is 3. The molecule has 0 aromatic heterocycles. The molecule has 0 amide bonds. The molecule has 0 saturated heterocycles. The Kier molecular flexibility index (Phi) is 8.05. The van der Waals surface area contributed by atoms with Gasteiger partial charge < -0.3 is 4.74 Å². The van der Waals surface area contributed by atoms with Gasteiger partial charge in [-0.05, 0) is 13.8 Å². The van der Waals surface area contributed by atoms with E-state index in [4.69, 9.17) is 5.26 Å². The first-order chi connectivity index (χ1) is 8.10. The third-order valence-corrected chi connectivity index (χ3v) is 1.84. The predicted molar refractivity (Wildman–Crippen MR) is 67.3 cm³/mol. The molecule has 0 aliphatic heterocycles. The molecule has 0 bridgehead atoms. The van der Waals surface area contributed by atoms with Crippen molar-refractivity contribution in [2.24, 2.45) is 0 Å². The van der Waals surface area contributed by atoms with E-state index in [0.717, 1.165) is 6.08 Å². The highest BCUT2D eigenvalue weighted by Crippen LogP contribution is 1.99. The lowest BCUT2D eigenvalue weighted by atomic mass is 10.2. The van der Waals surface area contributed by atoms with E-state index in [1.165, 1.54) is 11.1 Å². The first kappa shape index (κ1) is 14.9. The zero-order chi connectivity index (χ0) is 13.1. The number of esters is 1. The van der Waals surface area contributed by atoms with Crippen molar-refractivity contribution in [3.63, 3.8) is 0 Å². The summed E-state index contributed by atoms with van der Waals surface area (Å²) in [4.78, 5) is 10.2. The summed E-state index contributed by atoms with van der Waals surface area (Å²) in [6.07, 6.45) is 1.30. The molecule has 1 rings (SSSR count). The quantitative estimate of drug-likeness (QED) is 0.456. The number of carbonyl (C=O) groups excluding carboxylic acids is 1. The highest BCUT2D eigenvalue weighted by molar-refractivity contribution is 5.81. The van der Waals surface area contributed by atoms with Crippen molar-refractivity contribution >= 4 is 5.97 Å². The van der Waals surface area contributed by atoms with E-state index in [2.05, 4.69) is 49.4 Å². The summed E-state index contributed by atoms with van der Waals surface area (Å²) in [5.74, 6) is -0.481. The van der Waals surface area contributed by atoms with Crippen molar-refractivity contribution in [3.8, 4) is 6.07 Å². The van der Waals surface area contributed by atoms with Crippen molar-refractivity contribution in [1.82, 2.24) is 0 Å². The number of benzene rings is 1.